The zero-order valence-corrected chi connectivity index (χ0v) is 59.8. The van der Waals surface area contributed by atoms with Crippen LogP contribution in [0.1, 0.15) is 184 Å². The third kappa shape index (κ3) is 29.8. The minimum Gasteiger partial charge on any atom is -0.493 e. The van der Waals surface area contributed by atoms with Crippen molar-refractivity contribution in [3.63, 3.8) is 0 Å². The summed E-state index contributed by atoms with van der Waals surface area (Å²) in [5.41, 5.74) is 2.72. The number of nitrogens with one attached hydrogen (secondary N) is 3. The summed E-state index contributed by atoms with van der Waals surface area (Å²) in [5.74, 6) is 2.76. The SMILES string of the molecule is CC/C=C/CCS(=O)(=O)N(COC)[C@H](C)c1cccc(OCC2CC2)c1.COCN([C@H](C)c1cccc(OCC2CC2)c1)S(=O)(=O)CC/C=C/CC1CCC(=O)NC1=O.C[C@@H](CS(=O)(=O)CC/C=C/CC1CCC(=O)NC1=O)c1cccc(OCC2CC2)c1.O=C1CCCC(=O)N1. The highest BCUT2D eigenvalue weighted by Gasteiger charge is 2.32. The molecule has 97 heavy (non-hydrogen) atoms. The minimum absolute atomic E-state index is 0.0359. The molecule has 0 radical (unpaired) electrons. The van der Waals surface area contributed by atoms with Crippen molar-refractivity contribution < 1.29 is 77.7 Å². The number of piperidine rings is 3. The molecule has 9 rings (SSSR count). The Hall–Kier alpha value is -6.61. The molecule has 3 heterocycles. The second kappa shape index (κ2) is 40.5. The number of carbonyl (C=O) groups is 6. The van der Waals surface area contributed by atoms with Crippen LogP contribution in [-0.2, 0) is 68.1 Å². The average molecular weight is 1410 g/mol. The smallest absolute Gasteiger partial charge is 0.229 e. The first-order valence-corrected chi connectivity index (χ1v) is 39.2. The summed E-state index contributed by atoms with van der Waals surface area (Å²) >= 11 is 0. The molecule has 6 aliphatic rings. The maximum absolute atomic E-state index is 13.1. The molecule has 3 aromatic rings. The van der Waals surface area contributed by atoms with E-state index in [-0.39, 0.29) is 95.7 Å². The Balaban J connectivity index is 0.000000218. The van der Waals surface area contributed by atoms with Crippen LogP contribution in [-0.4, -0.2) is 140 Å². The first-order chi connectivity index (χ1) is 46.4. The number of methoxy groups -OCH3 is 2. The van der Waals surface area contributed by atoms with Crippen molar-refractivity contribution in [2.75, 3.05) is 70.5 Å². The third-order valence-corrected chi connectivity index (χ3v) is 22.9. The summed E-state index contributed by atoms with van der Waals surface area (Å²) < 4.78 is 107. The van der Waals surface area contributed by atoms with Crippen molar-refractivity contribution in [3.05, 3.63) is 126 Å². The van der Waals surface area contributed by atoms with Gasteiger partial charge in [0.05, 0.1) is 42.8 Å². The summed E-state index contributed by atoms with van der Waals surface area (Å²) in [6, 6.07) is 22.3. The molecular formula is C72H103N5O17S3. The highest BCUT2D eigenvalue weighted by molar-refractivity contribution is 7.91. The van der Waals surface area contributed by atoms with Crippen molar-refractivity contribution >= 4 is 65.3 Å². The Morgan fingerprint density at radius 3 is 1.21 bits per heavy atom. The standard InChI is InChI=1S/C24H34N2O6S.C23H31NO5S.C20H31NO4S.C5H7NO2/c1-18(21-8-6-9-22(15-21)32-16-19-10-11-19)26(17-31-2)33(29,30)14-5-3-4-7-20-12-13-23(27)25-24(20)28;1-17(20-7-5-8-21(14-20)29-15-18-9-10-18)16-30(27,28)13-4-2-3-6-19-11-12-22(25)24-23(19)26;1-4-5-6-7-13-26(22,23)21(16-24-3)17(2)19-9-8-10-20(14-19)25-15-18-11-12-18;7-4-2-1-3-5(8)6-4/h3-4,6,8-9,15,18-20H,5,7,10-14,16-17H2,1-2H3,(H,25,27,28);2-3,5,7-8,14,17-19H,4,6,9-13,15-16H2,1H3,(H,24,25,26);5-6,8-10,14,17-18H,4,7,11-13,15-16H2,1-3H3;1-3H2,(H,6,7,8)/b4-3+;3-2+;6-5+;/t18-,20?;17-,19?;17-;/m101./s1. The van der Waals surface area contributed by atoms with Gasteiger partial charge in [0.1, 0.15) is 30.7 Å². The van der Waals surface area contributed by atoms with E-state index in [4.69, 9.17) is 23.7 Å². The van der Waals surface area contributed by atoms with Crippen molar-refractivity contribution in [2.24, 2.45) is 29.6 Å². The Bertz CT molecular complexity index is 3480. The number of carbonyl (C=O) groups excluding carboxylic acids is 6. The summed E-state index contributed by atoms with van der Waals surface area (Å²) in [4.78, 5) is 66.6. The van der Waals surface area contributed by atoms with E-state index in [1.165, 1.54) is 61.4 Å². The second-order valence-corrected chi connectivity index (χ2v) is 32.2. The van der Waals surface area contributed by atoms with Gasteiger partial charge in [0.15, 0.2) is 9.84 Å². The van der Waals surface area contributed by atoms with E-state index in [2.05, 4.69) is 16.0 Å². The number of sulfone groups is 1. The Labute approximate surface area is 575 Å². The predicted octanol–water partition coefficient (Wildman–Crippen LogP) is 10.5. The molecule has 6 amide bonds. The van der Waals surface area contributed by atoms with E-state index >= 15 is 0 Å². The molecule has 536 valence electrons. The van der Waals surface area contributed by atoms with E-state index < -0.39 is 35.9 Å². The zero-order chi connectivity index (χ0) is 70.4. The summed E-state index contributed by atoms with van der Waals surface area (Å²) in [5, 5.41) is 6.87. The van der Waals surface area contributed by atoms with Crippen molar-refractivity contribution in [1.29, 1.82) is 0 Å². The summed E-state index contributed by atoms with van der Waals surface area (Å²) in [7, 11) is -7.22. The Kier molecular flexibility index (Phi) is 33.1. The lowest BCUT2D eigenvalue weighted by Gasteiger charge is -2.28. The first kappa shape index (κ1) is 79.4. The number of allylic oxidation sites excluding steroid dienone is 6. The van der Waals surface area contributed by atoms with Crippen LogP contribution in [0.15, 0.2) is 109 Å². The minimum atomic E-state index is -3.59. The van der Waals surface area contributed by atoms with Gasteiger partial charge in [0, 0.05) is 63.8 Å². The molecule has 3 aromatic carbocycles. The fraction of sp³-hybridized carbons (Fsp3) is 0.583. The Morgan fingerprint density at radius 1 is 0.474 bits per heavy atom. The van der Waals surface area contributed by atoms with Crippen LogP contribution < -0.4 is 30.2 Å². The van der Waals surface area contributed by atoms with Gasteiger partial charge < -0.3 is 23.7 Å². The topological polar surface area (TPSA) is 294 Å². The van der Waals surface area contributed by atoms with Crippen molar-refractivity contribution in [3.8, 4) is 17.2 Å². The number of rotatable bonds is 36. The van der Waals surface area contributed by atoms with Crippen molar-refractivity contribution in [1.82, 2.24) is 24.6 Å². The van der Waals surface area contributed by atoms with Crippen molar-refractivity contribution in [2.45, 2.75) is 168 Å². The lowest BCUT2D eigenvalue weighted by Crippen LogP contribution is -2.40. The number of amides is 6. The largest absolute Gasteiger partial charge is 0.493 e. The number of benzene rings is 3. The number of hydrogen-bond donors (Lipinski definition) is 3. The second-order valence-electron chi connectivity index (χ2n) is 25.9. The molecule has 3 saturated carbocycles. The van der Waals surface area contributed by atoms with Gasteiger partial charge in [-0.2, -0.15) is 8.61 Å². The number of hydrogen-bond acceptors (Lipinski definition) is 17. The molecule has 3 saturated heterocycles. The van der Waals surface area contributed by atoms with E-state index in [9.17, 15) is 54.0 Å². The van der Waals surface area contributed by atoms with Gasteiger partial charge in [-0.15, -0.1) is 0 Å². The fourth-order valence-corrected chi connectivity index (χ4v) is 15.4. The molecule has 25 heteroatoms. The maximum Gasteiger partial charge on any atom is 0.229 e. The molecule has 3 N–H and O–H groups in total. The number of imide groups is 3. The van der Waals surface area contributed by atoms with E-state index in [1.54, 1.807) is 6.08 Å². The Morgan fingerprint density at radius 2 is 0.845 bits per heavy atom. The highest BCUT2D eigenvalue weighted by atomic mass is 32.2. The van der Waals surface area contributed by atoms with Gasteiger partial charge in [-0.25, -0.2) is 25.3 Å². The molecule has 0 bridgehead atoms. The normalized spacial score (nSPS) is 19.4. The molecule has 22 nitrogen and oxygen atoms in total. The predicted molar refractivity (Wildman–Crippen MR) is 372 cm³/mol. The maximum atomic E-state index is 13.1. The first-order valence-electron chi connectivity index (χ1n) is 34.2. The van der Waals surface area contributed by atoms with Crippen LogP contribution in [0.5, 0.6) is 17.2 Å². The fourth-order valence-electron chi connectivity index (χ4n) is 10.7. The quantitative estimate of drug-likeness (QED) is 0.0277. The molecule has 0 aromatic heterocycles. The summed E-state index contributed by atoms with van der Waals surface area (Å²) in [6.07, 6.45) is 25.2. The van der Waals surface area contributed by atoms with E-state index in [0.717, 1.165) is 53.6 Å². The van der Waals surface area contributed by atoms with Crippen LogP contribution in [0.25, 0.3) is 0 Å². The van der Waals surface area contributed by atoms with Gasteiger partial charge in [0.25, 0.3) is 0 Å². The van der Waals surface area contributed by atoms with E-state index in [0.29, 0.717) is 101 Å². The number of sulfonamides is 2. The lowest BCUT2D eigenvalue weighted by molar-refractivity contribution is -0.137. The lowest BCUT2D eigenvalue weighted by atomic mass is 9.95. The molecule has 3 aliphatic carbocycles. The van der Waals surface area contributed by atoms with Gasteiger partial charge in [-0.3, -0.25) is 44.7 Å². The van der Waals surface area contributed by atoms with Gasteiger partial charge in [0.2, 0.25) is 55.5 Å². The highest BCUT2D eigenvalue weighted by Crippen LogP contribution is 2.34. The van der Waals surface area contributed by atoms with Crippen LogP contribution in [0.3, 0.4) is 0 Å². The zero-order valence-electron chi connectivity index (χ0n) is 57.4. The van der Waals surface area contributed by atoms with Gasteiger partial charge in [-0.1, -0.05) is 86.7 Å². The van der Waals surface area contributed by atoms with Crippen LogP contribution >= 0.6 is 0 Å². The molecule has 6 fully saturated rings. The monoisotopic (exact) mass is 1410 g/mol. The molecule has 5 atom stereocenters. The third-order valence-electron chi connectivity index (χ3n) is 17.3. The van der Waals surface area contributed by atoms with E-state index in [1.807, 2.05) is 131 Å². The van der Waals surface area contributed by atoms with Crippen LogP contribution in [0.4, 0.5) is 0 Å². The molecule has 0 spiro atoms. The average Bonchev–Trinajstić information content (AvgIpc) is 1.37. The molecule has 2 unspecified atom stereocenters. The van der Waals surface area contributed by atoms with Crippen LogP contribution in [0.2, 0.25) is 0 Å². The number of ether oxygens (including phenoxy) is 5. The molecular weight excluding hydrogens is 1300 g/mol. The van der Waals surface area contributed by atoms with Gasteiger partial charge in [-0.05, 0) is 187 Å². The molecule has 3 aliphatic heterocycles. The number of nitrogens with zero attached hydrogens (tertiary/aromatic N) is 2. The van der Waals surface area contributed by atoms with Gasteiger partial charge >= 0.3 is 0 Å². The summed E-state index contributed by atoms with van der Waals surface area (Å²) in [6.45, 7) is 9.85. The van der Waals surface area contributed by atoms with Crippen LogP contribution in [0, 0.1) is 29.6 Å².